The highest BCUT2D eigenvalue weighted by Gasteiger charge is 2.19. The van der Waals surface area contributed by atoms with Gasteiger partial charge in [-0.25, -0.2) is 9.97 Å². The molecule has 0 fully saturated rings. The van der Waals surface area contributed by atoms with Crippen molar-refractivity contribution in [3.8, 4) is 16.8 Å². The zero-order valence-corrected chi connectivity index (χ0v) is 15.1. The Kier molecular flexibility index (Phi) is 5.75. The Hall–Kier alpha value is -2.58. The van der Waals surface area contributed by atoms with Crippen LogP contribution in [0.5, 0.6) is 0 Å². The summed E-state index contributed by atoms with van der Waals surface area (Å²) in [6.45, 7) is 2.47. The fourth-order valence-electron chi connectivity index (χ4n) is 1.98. The maximum absolute atomic E-state index is 12.6. The van der Waals surface area contributed by atoms with Gasteiger partial charge in [-0.2, -0.15) is 14.0 Å². The second kappa shape index (κ2) is 8.20. The lowest BCUT2D eigenvalue weighted by atomic mass is 10.3. The topological polar surface area (TPSA) is 91.7 Å². The van der Waals surface area contributed by atoms with Gasteiger partial charge in [0.05, 0.1) is 18.3 Å². The molecule has 3 aromatic heterocycles. The Morgan fingerprint density at radius 1 is 1.31 bits per heavy atom. The number of thiazole rings is 1. The molecule has 0 bridgehead atoms. The van der Waals surface area contributed by atoms with Crippen molar-refractivity contribution in [3.05, 3.63) is 41.0 Å². The van der Waals surface area contributed by atoms with Crippen LogP contribution in [0.1, 0.15) is 29.8 Å². The number of nitriles is 1. The fourth-order valence-corrected chi connectivity index (χ4v) is 3.65. The summed E-state index contributed by atoms with van der Waals surface area (Å²) in [4.78, 5) is 9.11. The van der Waals surface area contributed by atoms with Crippen LogP contribution in [0.4, 0.5) is 14.6 Å². The average molecular weight is 394 g/mol. The summed E-state index contributed by atoms with van der Waals surface area (Å²) in [6, 6.07) is 5.50. The van der Waals surface area contributed by atoms with Gasteiger partial charge in [0.15, 0.2) is 0 Å². The Morgan fingerprint density at radius 3 is 2.77 bits per heavy atom. The van der Waals surface area contributed by atoms with Crippen LogP contribution in [0.2, 0.25) is 0 Å². The number of anilines is 1. The van der Waals surface area contributed by atoms with Gasteiger partial charge in [-0.1, -0.05) is 6.92 Å². The molecule has 11 heteroatoms. The van der Waals surface area contributed by atoms with E-state index in [1.807, 2.05) is 17.3 Å². The lowest BCUT2D eigenvalue weighted by molar-refractivity contribution is 0.116. The highest BCUT2D eigenvalue weighted by Crippen LogP contribution is 2.30. The van der Waals surface area contributed by atoms with Crippen molar-refractivity contribution in [2.24, 2.45) is 0 Å². The van der Waals surface area contributed by atoms with E-state index in [4.69, 9.17) is 9.68 Å². The van der Waals surface area contributed by atoms with Gasteiger partial charge in [0.1, 0.15) is 21.8 Å². The van der Waals surface area contributed by atoms with Gasteiger partial charge < -0.3 is 4.42 Å². The molecule has 0 N–H and O–H groups in total. The number of hydrogen-bond donors (Lipinski definition) is 0. The van der Waals surface area contributed by atoms with Gasteiger partial charge in [0, 0.05) is 11.9 Å². The van der Waals surface area contributed by atoms with Crippen molar-refractivity contribution in [2.45, 2.75) is 19.9 Å². The molecule has 3 rings (SSSR count). The monoisotopic (exact) mass is 394 g/mol. The third-order valence-electron chi connectivity index (χ3n) is 3.09. The lowest BCUT2D eigenvalue weighted by Gasteiger charge is -2.20. The molecule has 0 amide bonds. The number of halogens is 2. The zero-order chi connectivity index (χ0) is 18.5. The van der Waals surface area contributed by atoms with Crippen LogP contribution in [-0.2, 0) is 6.54 Å². The number of alkyl halides is 2. The van der Waals surface area contributed by atoms with Gasteiger partial charge in [0.25, 0.3) is 11.8 Å². The molecule has 0 aliphatic rings. The Morgan fingerprint density at radius 2 is 2.15 bits per heavy atom. The van der Waals surface area contributed by atoms with Crippen LogP contribution in [0.3, 0.4) is 0 Å². The standard InChI is InChI=1S/C15H12F2N6OS2/c1-2-25-23(11-4-3-9(5-18)6-19-11)8-12-20-7-10(26-12)14-21-22-15(24-14)13(16)17/h3-4,6-7,13H,2,8H2,1H3. The van der Waals surface area contributed by atoms with Gasteiger partial charge in [-0.05, 0) is 24.1 Å². The van der Waals surface area contributed by atoms with Crippen molar-refractivity contribution >= 4 is 29.1 Å². The van der Waals surface area contributed by atoms with E-state index in [1.54, 1.807) is 24.1 Å². The predicted octanol–water partition coefficient (Wildman–Crippen LogP) is 4.07. The zero-order valence-electron chi connectivity index (χ0n) is 13.5. The number of rotatable bonds is 7. The average Bonchev–Trinajstić information content (AvgIpc) is 3.31. The molecular formula is C15H12F2N6OS2. The molecule has 0 saturated heterocycles. The van der Waals surface area contributed by atoms with Gasteiger partial charge in [-0.3, -0.25) is 4.31 Å². The summed E-state index contributed by atoms with van der Waals surface area (Å²) >= 11 is 2.84. The SMILES string of the molecule is CCSN(Cc1ncc(-c2nnc(C(F)F)o2)s1)c1ccc(C#N)cn1. The summed E-state index contributed by atoms with van der Waals surface area (Å²) in [7, 11) is 0. The number of nitrogens with zero attached hydrogens (tertiary/aromatic N) is 6. The molecule has 0 aliphatic carbocycles. The summed E-state index contributed by atoms with van der Waals surface area (Å²) in [5.74, 6) is 0.835. The molecule has 0 aliphatic heterocycles. The van der Waals surface area contributed by atoms with Crippen LogP contribution in [0, 0.1) is 11.3 Å². The van der Waals surface area contributed by atoms with E-state index in [0.29, 0.717) is 22.8 Å². The first-order valence-corrected chi connectivity index (χ1v) is 9.19. The molecule has 0 spiro atoms. The van der Waals surface area contributed by atoms with Crippen molar-refractivity contribution in [2.75, 3.05) is 10.1 Å². The van der Waals surface area contributed by atoms with Crippen molar-refractivity contribution in [1.29, 1.82) is 5.26 Å². The van der Waals surface area contributed by atoms with Crippen LogP contribution in [0.15, 0.2) is 28.9 Å². The Bertz CT molecular complexity index is 906. The quantitative estimate of drug-likeness (QED) is 0.554. The molecule has 134 valence electrons. The first-order chi connectivity index (χ1) is 12.6. The van der Waals surface area contributed by atoms with Gasteiger partial charge in [0.2, 0.25) is 0 Å². The van der Waals surface area contributed by atoms with Crippen LogP contribution >= 0.6 is 23.3 Å². The van der Waals surface area contributed by atoms with Crippen molar-refractivity contribution in [1.82, 2.24) is 20.2 Å². The maximum Gasteiger partial charge on any atom is 0.314 e. The largest absolute Gasteiger partial charge is 0.414 e. The molecule has 7 nitrogen and oxygen atoms in total. The summed E-state index contributed by atoms with van der Waals surface area (Å²) in [5.41, 5.74) is 0.484. The minimum atomic E-state index is -2.80. The molecule has 0 radical (unpaired) electrons. The van der Waals surface area contributed by atoms with Crippen LogP contribution < -0.4 is 4.31 Å². The number of aromatic nitrogens is 4. The van der Waals surface area contributed by atoms with Crippen LogP contribution in [0.25, 0.3) is 10.8 Å². The lowest BCUT2D eigenvalue weighted by Crippen LogP contribution is -2.15. The predicted molar refractivity (Wildman–Crippen MR) is 93.6 cm³/mol. The smallest absolute Gasteiger partial charge is 0.314 e. The first kappa shape index (κ1) is 18.2. The van der Waals surface area contributed by atoms with Gasteiger partial charge >= 0.3 is 6.43 Å². The minimum absolute atomic E-state index is 0.0234. The second-order valence-corrected chi connectivity index (χ2v) is 7.23. The fraction of sp³-hybridized carbons (Fsp3) is 0.267. The molecule has 3 heterocycles. The molecule has 0 saturated carbocycles. The highest BCUT2D eigenvalue weighted by molar-refractivity contribution is 8.00. The summed E-state index contributed by atoms with van der Waals surface area (Å²) < 4.78 is 32.0. The summed E-state index contributed by atoms with van der Waals surface area (Å²) in [6.07, 6.45) is 0.224. The highest BCUT2D eigenvalue weighted by atomic mass is 32.2. The molecule has 0 unspecified atom stereocenters. The summed E-state index contributed by atoms with van der Waals surface area (Å²) in [5, 5.41) is 16.6. The van der Waals surface area contributed by atoms with E-state index in [2.05, 4.69) is 20.2 Å². The van der Waals surface area contributed by atoms with Crippen LogP contribution in [-0.4, -0.2) is 25.9 Å². The van der Waals surface area contributed by atoms with E-state index < -0.39 is 12.3 Å². The molecule has 0 aromatic carbocycles. The van der Waals surface area contributed by atoms with E-state index in [1.165, 1.54) is 23.7 Å². The molecular weight excluding hydrogens is 382 g/mol. The number of hydrogen-bond acceptors (Lipinski definition) is 9. The second-order valence-electron chi connectivity index (χ2n) is 4.84. The Labute approximate surface area is 155 Å². The van der Waals surface area contributed by atoms with Crippen molar-refractivity contribution < 1.29 is 13.2 Å². The van der Waals surface area contributed by atoms with E-state index in [-0.39, 0.29) is 5.89 Å². The van der Waals surface area contributed by atoms with E-state index in [0.717, 1.165) is 10.8 Å². The number of pyridine rings is 1. The normalized spacial score (nSPS) is 10.9. The third-order valence-corrected chi connectivity index (χ3v) is 4.94. The maximum atomic E-state index is 12.6. The van der Waals surface area contributed by atoms with Crippen molar-refractivity contribution in [3.63, 3.8) is 0 Å². The molecule has 3 aromatic rings. The molecule has 0 atom stereocenters. The van der Waals surface area contributed by atoms with E-state index in [9.17, 15) is 8.78 Å². The minimum Gasteiger partial charge on any atom is -0.414 e. The Balaban J connectivity index is 1.77. The third kappa shape index (κ3) is 4.14. The van der Waals surface area contributed by atoms with E-state index >= 15 is 0 Å². The molecule has 26 heavy (non-hydrogen) atoms. The van der Waals surface area contributed by atoms with Gasteiger partial charge in [-0.15, -0.1) is 21.5 Å². The first-order valence-electron chi connectivity index (χ1n) is 7.44.